The molecule has 0 fully saturated rings. The molecule has 0 radical (unpaired) electrons. The summed E-state index contributed by atoms with van der Waals surface area (Å²) in [6, 6.07) is 17.0. The van der Waals surface area contributed by atoms with Gasteiger partial charge in [0.2, 0.25) is 0 Å². The molecule has 1 heterocycles. The van der Waals surface area contributed by atoms with Crippen molar-refractivity contribution < 1.29 is 19.1 Å². The number of methoxy groups -OCH3 is 1. The van der Waals surface area contributed by atoms with Crippen LogP contribution in [0.4, 0.5) is 0 Å². The minimum atomic E-state index is -0.552. The van der Waals surface area contributed by atoms with E-state index in [1.807, 2.05) is 54.6 Å². The molecule has 28 heavy (non-hydrogen) atoms. The molecule has 3 rings (SSSR count). The summed E-state index contributed by atoms with van der Waals surface area (Å²) in [7, 11) is 1.61. The third-order valence-electron chi connectivity index (χ3n) is 4.41. The lowest BCUT2D eigenvalue weighted by molar-refractivity contribution is -0.149. The van der Waals surface area contributed by atoms with E-state index >= 15 is 0 Å². The van der Waals surface area contributed by atoms with Gasteiger partial charge in [0.25, 0.3) is 5.91 Å². The van der Waals surface area contributed by atoms with Gasteiger partial charge in [-0.1, -0.05) is 48.5 Å². The van der Waals surface area contributed by atoms with Crippen LogP contribution in [0.25, 0.3) is 0 Å². The van der Waals surface area contributed by atoms with Gasteiger partial charge < -0.3 is 9.47 Å². The van der Waals surface area contributed by atoms with Crippen LogP contribution in [0.1, 0.15) is 30.5 Å². The van der Waals surface area contributed by atoms with Crippen LogP contribution < -0.4 is 4.74 Å². The zero-order valence-corrected chi connectivity index (χ0v) is 15.9. The topological polar surface area (TPSA) is 68.2 Å². The van der Waals surface area contributed by atoms with Crippen LogP contribution in [0.15, 0.2) is 71.9 Å². The molecular formula is C22H22N2O4. The summed E-state index contributed by atoms with van der Waals surface area (Å²) in [6.07, 6.45) is 3.41. The Labute approximate surface area is 164 Å². The predicted molar refractivity (Wildman–Crippen MR) is 106 cm³/mol. The van der Waals surface area contributed by atoms with Crippen LogP contribution in [0.2, 0.25) is 0 Å². The highest BCUT2D eigenvalue weighted by Gasteiger charge is 2.33. The van der Waals surface area contributed by atoms with Crippen molar-refractivity contribution in [2.24, 2.45) is 5.10 Å². The molecule has 0 spiro atoms. The van der Waals surface area contributed by atoms with Gasteiger partial charge in [-0.2, -0.15) is 5.10 Å². The maximum atomic E-state index is 12.7. The number of hydrazone groups is 1. The number of esters is 1. The number of hydrogen-bond donors (Lipinski definition) is 0. The second kappa shape index (κ2) is 8.99. The molecule has 1 aliphatic heterocycles. The average Bonchev–Trinajstić information content (AvgIpc) is 3.18. The molecule has 0 bridgehead atoms. The summed E-state index contributed by atoms with van der Waals surface area (Å²) >= 11 is 0. The average molecular weight is 378 g/mol. The van der Waals surface area contributed by atoms with E-state index in [-0.39, 0.29) is 18.6 Å². The fourth-order valence-electron chi connectivity index (χ4n) is 3.01. The normalized spacial score (nSPS) is 16.1. The lowest BCUT2D eigenvalue weighted by Crippen LogP contribution is -2.31. The number of nitrogens with zero attached hydrogens (tertiary/aromatic N) is 2. The summed E-state index contributed by atoms with van der Waals surface area (Å²) in [4.78, 5) is 24.3. The SMILES string of the molecule is C/C=C/C(=O)OCC(=O)N1N=C(c2ccccc2)C[C@@H]1c1ccc(OC)cc1. The van der Waals surface area contributed by atoms with Crippen LogP contribution in [-0.2, 0) is 14.3 Å². The molecule has 2 aromatic rings. The number of rotatable bonds is 6. The van der Waals surface area contributed by atoms with E-state index in [9.17, 15) is 9.59 Å². The first-order valence-electron chi connectivity index (χ1n) is 9.00. The van der Waals surface area contributed by atoms with E-state index in [0.717, 1.165) is 22.6 Å². The molecule has 0 aromatic heterocycles. The highest BCUT2D eigenvalue weighted by molar-refractivity contribution is 6.03. The Morgan fingerprint density at radius 1 is 1.14 bits per heavy atom. The number of hydrogen-bond acceptors (Lipinski definition) is 5. The van der Waals surface area contributed by atoms with Crippen molar-refractivity contribution in [3.05, 3.63) is 77.9 Å². The number of carbonyl (C=O) groups is 2. The second-order valence-electron chi connectivity index (χ2n) is 6.25. The van der Waals surface area contributed by atoms with Crippen LogP contribution >= 0.6 is 0 Å². The summed E-state index contributed by atoms with van der Waals surface area (Å²) in [5, 5.41) is 5.95. The minimum Gasteiger partial charge on any atom is -0.497 e. The van der Waals surface area contributed by atoms with Gasteiger partial charge >= 0.3 is 5.97 Å². The molecule has 1 aliphatic rings. The summed E-state index contributed by atoms with van der Waals surface area (Å²) < 4.78 is 10.2. The second-order valence-corrected chi connectivity index (χ2v) is 6.25. The smallest absolute Gasteiger partial charge is 0.330 e. The molecule has 1 atom stereocenters. The van der Waals surface area contributed by atoms with E-state index in [4.69, 9.17) is 9.47 Å². The van der Waals surface area contributed by atoms with Crippen LogP contribution in [0, 0.1) is 0 Å². The van der Waals surface area contributed by atoms with E-state index in [1.165, 1.54) is 11.1 Å². The summed E-state index contributed by atoms with van der Waals surface area (Å²) in [6.45, 7) is 1.35. The minimum absolute atomic E-state index is 0.269. The van der Waals surface area contributed by atoms with Crippen LogP contribution in [0.3, 0.4) is 0 Å². The van der Waals surface area contributed by atoms with Crippen molar-refractivity contribution in [1.29, 1.82) is 0 Å². The van der Waals surface area contributed by atoms with E-state index < -0.39 is 5.97 Å². The van der Waals surface area contributed by atoms with E-state index in [1.54, 1.807) is 20.1 Å². The standard InChI is InChI=1S/C22H22N2O4/c1-3-7-22(26)28-15-21(25)24-20(17-10-12-18(27-2)13-11-17)14-19(23-24)16-8-5-4-6-9-16/h3-13,20H,14-15H2,1-2H3/b7-3+/t20-/m1/s1. The van der Waals surface area contributed by atoms with Crippen LogP contribution in [0.5, 0.6) is 5.75 Å². The van der Waals surface area contributed by atoms with Gasteiger partial charge in [-0.25, -0.2) is 9.80 Å². The van der Waals surface area contributed by atoms with Gasteiger partial charge in [0, 0.05) is 12.5 Å². The van der Waals surface area contributed by atoms with Crippen molar-refractivity contribution >= 4 is 17.6 Å². The summed E-state index contributed by atoms with van der Waals surface area (Å²) in [5.41, 5.74) is 2.71. The Kier molecular flexibility index (Phi) is 6.22. The molecule has 0 saturated heterocycles. The number of amides is 1. The number of ether oxygens (including phenoxy) is 2. The summed E-state index contributed by atoms with van der Waals surface area (Å²) in [5.74, 6) is -0.183. The molecular weight excluding hydrogens is 356 g/mol. The Hall–Kier alpha value is -3.41. The Morgan fingerprint density at radius 2 is 1.86 bits per heavy atom. The van der Waals surface area contributed by atoms with Crippen molar-refractivity contribution in [1.82, 2.24) is 5.01 Å². The Balaban J connectivity index is 1.84. The molecule has 6 heteroatoms. The first-order valence-corrected chi connectivity index (χ1v) is 9.00. The van der Waals surface area contributed by atoms with Crippen molar-refractivity contribution in [2.45, 2.75) is 19.4 Å². The molecule has 0 N–H and O–H groups in total. The van der Waals surface area contributed by atoms with Gasteiger partial charge in [0.05, 0.1) is 18.9 Å². The lowest BCUT2D eigenvalue weighted by atomic mass is 9.98. The molecule has 1 amide bonds. The Bertz CT molecular complexity index is 889. The van der Waals surface area contributed by atoms with Crippen molar-refractivity contribution in [3.8, 4) is 5.75 Å². The number of allylic oxidation sites excluding steroid dienone is 1. The van der Waals surface area contributed by atoms with Crippen LogP contribution in [-0.4, -0.2) is 36.3 Å². The number of benzene rings is 2. The fourth-order valence-corrected chi connectivity index (χ4v) is 3.01. The fraction of sp³-hybridized carbons (Fsp3) is 0.227. The zero-order valence-electron chi connectivity index (χ0n) is 15.9. The van der Waals surface area contributed by atoms with E-state index in [0.29, 0.717) is 6.42 Å². The number of carbonyl (C=O) groups excluding carboxylic acids is 2. The zero-order chi connectivity index (χ0) is 19.9. The van der Waals surface area contributed by atoms with Gasteiger partial charge in [0.15, 0.2) is 6.61 Å². The molecule has 0 unspecified atom stereocenters. The predicted octanol–water partition coefficient (Wildman–Crippen LogP) is 3.49. The highest BCUT2D eigenvalue weighted by atomic mass is 16.5. The maximum Gasteiger partial charge on any atom is 0.330 e. The first kappa shape index (κ1) is 19.4. The maximum absolute atomic E-state index is 12.7. The van der Waals surface area contributed by atoms with Gasteiger partial charge in [0.1, 0.15) is 5.75 Å². The first-order chi connectivity index (χ1) is 13.6. The highest BCUT2D eigenvalue weighted by Crippen LogP contribution is 2.33. The molecule has 2 aromatic carbocycles. The molecule has 0 aliphatic carbocycles. The van der Waals surface area contributed by atoms with Gasteiger partial charge in [-0.05, 0) is 30.2 Å². The van der Waals surface area contributed by atoms with Crippen molar-refractivity contribution in [3.63, 3.8) is 0 Å². The lowest BCUT2D eigenvalue weighted by Gasteiger charge is -2.22. The van der Waals surface area contributed by atoms with Gasteiger partial charge in [-0.3, -0.25) is 4.79 Å². The molecule has 6 nitrogen and oxygen atoms in total. The van der Waals surface area contributed by atoms with Crippen molar-refractivity contribution in [2.75, 3.05) is 13.7 Å². The molecule has 0 saturated carbocycles. The van der Waals surface area contributed by atoms with E-state index in [2.05, 4.69) is 5.10 Å². The quantitative estimate of drug-likeness (QED) is 0.570. The Morgan fingerprint density at radius 3 is 2.50 bits per heavy atom. The molecule has 144 valence electrons. The monoisotopic (exact) mass is 378 g/mol. The van der Waals surface area contributed by atoms with Gasteiger partial charge in [-0.15, -0.1) is 0 Å². The third-order valence-corrected chi connectivity index (χ3v) is 4.41. The third kappa shape index (κ3) is 4.46. The largest absolute Gasteiger partial charge is 0.497 e.